The number of ether oxygens (including phenoxy) is 1. The lowest BCUT2D eigenvalue weighted by Crippen LogP contribution is -2.43. The van der Waals surface area contributed by atoms with E-state index < -0.39 is 6.04 Å². The fourth-order valence-electron chi connectivity index (χ4n) is 4.63. The predicted octanol–water partition coefficient (Wildman–Crippen LogP) is 5.69. The topological polar surface area (TPSA) is 59.4 Å². The van der Waals surface area contributed by atoms with Gasteiger partial charge >= 0.3 is 0 Å². The van der Waals surface area contributed by atoms with Gasteiger partial charge in [0.15, 0.2) is 0 Å². The number of hydrogen-bond donors (Lipinski definition) is 1. The number of anilines is 1. The number of hydrogen-bond acceptors (Lipinski definition) is 4. The van der Waals surface area contributed by atoms with Crippen molar-refractivity contribution in [3.05, 3.63) is 87.4 Å². The molecule has 1 saturated heterocycles. The van der Waals surface area contributed by atoms with E-state index in [9.17, 15) is 9.18 Å². The van der Waals surface area contributed by atoms with Crippen LogP contribution in [0.25, 0.3) is 0 Å². The zero-order valence-electron chi connectivity index (χ0n) is 18.5. The number of fused-ring (bicyclic) bond motifs is 1. The number of carbonyl (C=O) groups is 1. The predicted molar refractivity (Wildman–Crippen MR) is 130 cm³/mol. The second-order valence-corrected chi connectivity index (χ2v) is 9.27. The third-order valence-corrected chi connectivity index (χ3v) is 7.03. The van der Waals surface area contributed by atoms with Gasteiger partial charge in [-0.2, -0.15) is 5.10 Å². The van der Waals surface area contributed by atoms with Crippen LogP contribution in [-0.4, -0.2) is 39.8 Å². The molecule has 2 aliphatic rings. The summed E-state index contributed by atoms with van der Waals surface area (Å²) in [5, 5.41) is 8.65. The number of allylic oxidation sites excluding steroid dienone is 1. The Balaban J connectivity index is 1.44. The summed E-state index contributed by atoms with van der Waals surface area (Å²) >= 11 is 12.5. The van der Waals surface area contributed by atoms with Gasteiger partial charge in [0.2, 0.25) is 0 Å². The van der Waals surface area contributed by atoms with E-state index in [4.69, 9.17) is 27.9 Å². The number of benzene rings is 2. The molecule has 0 bridgehead atoms. The molecule has 1 fully saturated rings. The summed E-state index contributed by atoms with van der Waals surface area (Å²) in [5.74, 6) is 0.976. The third-order valence-electron chi connectivity index (χ3n) is 6.29. The highest BCUT2D eigenvalue weighted by atomic mass is 35.5. The highest BCUT2D eigenvalue weighted by Crippen LogP contribution is 2.39. The van der Waals surface area contributed by atoms with Crippen LogP contribution in [-0.2, 0) is 4.79 Å². The molecule has 2 aliphatic heterocycles. The summed E-state index contributed by atoms with van der Waals surface area (Å²) in [5.41, 5.74) is 2.18. The number of nitrogens with zero attached hydrogens (tertiary/aromatic N) is 3. The van der Waals surface area contributed by atoms with Gasteiger partial charge in [0.1, 0.15) is 30.0 Å². The molecule has 6 nitrogen and oxygen atoms in total. The van der Waals surface area contributed by atoms with Gasteiger partial charge in [-0.15, -0.1) is 0 Å². The van der Waals surface area contributed by atoms with Gasteiger partial charge in [0.05, 0.1) is 27.9 Å². The lowest BCUT2D eigenvalue weighted by atomic mass is 9.94. The van der Waals surface area contributed by atoms with Crippen molar-refractivity contribution in [2.75, 3.05) is 18.5 Å². The van der Waals surface area contributed by atoms with E-state index in [0.717, 1.165) is 29.9 Å². The average molecular weight is 501 g/mol. The van der Waals surface area contributed by atoms with Crippen molar-refractivity contribution in [3.8, 4) is 5.75 Å². The van der Waals surface area contributed by atoms with Crippen LogP contribution in [0.15, 0.2) is 66.0 Å². The molecule has 0 spiro atoms. The van der Waals surface area contributed by atoms with Crippen molar-refractivity contribution in [2.24, 2.45) is 0 Å². The quantitative estimate of drug-likeness (QED) is 0.488. The molecule has 34 heavy (non-hydrogen) atoms. The van der Waals surface area contributed by atoms with Gasteiger partial charge in [-0.3, -0.25) is 4.79 Å². The standard InChI is InChI=1S/C25H23Cl2FN4O2/c1-15-23(24(32-22(30-15)10-11-29-32)16-4-9-20(26)21(27)13-16)25(33)31-12-2-3-18(31)14-34-19-7-5-17(28)6-8-19/h4-11,13,18,24,30H,2-3,12,14H2,1H3. The summed E-state index contributed by atoms with van der Waals surface area (Å²) in [6, 6.07) is 12.6. The molecule has 0 radical (unpaired) electrons. The second kappa shape index (κ2) is 9.31. The van der Waals surface area contributed by atoms with Crippen LogP contribution in [0, 0.1) is 5.82 Å². The molecule has 3 heterocycles. The van der Waals surface area contributed by atoms with Crippen LogP contribution in [0.3, 0.4) is 0 Å². The zero-order valence-corrected chi connectivity index (χ0v) is 20.0. The zero-order chi connectivity index (χ0) is 23.8. The molecule has 2 atom stereocenters. The second-order valence-electron chi connectivity index (χ2n) is 8.46. The molecular formula is C25H23Cl2FN4O2. The first-order valence-electron chi connectivity index (χ1n) is 11.1. The number of rotatable bonds is 5. The maximum absolute atomic E-state index is 14.0. The van der Waals surface area contributed by atoms with Gasteiger partial charge in [0.25, 0.3) is 5.91 Å². The molecule has 0 aliphatic carbocycles. The van der Waals surface area contributed by atoms with Gasteiger partial charge in [-0.05, 0) is 61.7 Å². The molecule has 0 saturated carbocycles. The molecule has 1 aromatic heterocycles. The summed E-state index contributed by atoms with van der Waals surface area (Å²) in [4.78, 5) is 15.8. The van der Waals surface area contributed by atoms with Crippen molar-refractivity contribution in [2.45, 2.75) is 31.8 Å². The van der Waals surface area contributed by atoms with E-state index in [2.05, 4.69) is 10.4 Å². The minimum absolute atomic E-state index is 0.0765. The van der Waals surface area contributed by atoms with Gasteiger partial charge < -0.3 is 15.0 Å². The monoisotopic (exact) mass is 500 g/mol. The highest BCUT2D eigenvalue weighted by Gasteiger charge is 2.38. The van der Waals surface area contributed by atoms with Crippen molar-refractivity contribution < 1.29 is 13.9 Å². The van der Waals surface area contributed by atoms with E-state index in [1.54, 1.807) is 35.1 Å². The SMILES string of the molecule is CC1=C(C(=O)N2CCCC2COc2ccc(F)cc2)C(c2ccc(Cl)c(Cl)c2)n2nccc2N1. The van der Waals surface area contributed by atoms with Crippen molar-refractivity contribution >= 4 is 34.9 Å². The Hall–Kier alpha value is -3.03. The fraction of sp³-hybridized carbons (Fsp3) is 0.280. The lowest BCUT2D eigenvalue weighted by molar-refractivity contribution is -0.129. The maximum Gasteiger partial charge on any atom is 0.254 e. The van der Waals surface area contributed by atoms with Gasteiger partial charge in [-0.25, -0.2) is 9.07 Å². The van der Waals surface area contributed by atoms with E-state index >= 15 is 0 Å². The number of likely N-dealkylation sites (tertiary alicyclic amines) is 1. The van der Waals surface area contributed by atoms with Crippen LogP contribution in [0.5, 0.6) is 5.75 Å². The molecule has 1 N–H and O–H groups in total. The number of halogens is 3. The summed E-state index contributed by atoms with van der Waals surface area (Å²) < 4.78 is 20.9. The summed E-state index contributed by atoms with van der Waals surface area (Å²) in [7, 11) is 0. The molecule has 3 aromatic rings. The first-order valence-corrected chi connectivity index (χ1v) is 11.8. The minimum Gasteiger partial charge on any atom is -0.491 e. The smallest absolute Gasteiger partial charge is 0.254 e. The lowest BCUT2D eigenvalue weighted by Gasteiger charge is -2.33. The van der Waals surface area contributed by atoms with E-state index in [1.165, 1.54) is 12.1 Å². The van der Waals surface area contributed by atoms with Crippen molar-refractivity contribution in [3.63, 3.8) is 0 Å². The van der Waals surface area contributed by atoms with Crippen LogP contribution >= 0.6 is 23.2 Å². The molecule has 176 valence electrons. The average Bonchev–Trinajstić information content (AvgIpc) is 3.48. The number of carbonyl (C=O) groups excluding carboxylic acids is 1. The Morgan fingerprint density at radius 3 is 2.74 bits per heavy atom. The molecule has 9 heteroatoms. The van der Waals surface area contributed by atoms with Gasteiger partial charge in [-0.1, -0.05) is 29.3 Å². The van der Waals surface area contributed by atoms with Gasteiger partial charge in [0, 0.05) is 18.3 Å². The van der Waals surface area contributed by atoms with Crippen molar-refractivity contribution in [1.29, 1.82) is 0 Å². The Morgan fingerprint density at radius 1 is 1.18 bits per heavy atom. The number of amides is 1. The largest absolute Gasteiger partial charge is 0.491 e. The Bertz CT molecular complexity index is 1260. The Kier molecular flexibility index (Phi) is 6.23. The van der Waals surface area contributed by atoms with Crippen LogP contribution in [0.2, 0.25) is 10.0 Å². The summed E-state index contributed by atoms with van der Waals surface area (Å²) in [6.45, 7) is 2.86. The minimum atomic E-state index is -0.451. The first-order chi connectivity index (χ1) is 16.4. The van der Waals surface area contributed by atoms with E-state index in [1.807, 2.05) is 24.0 Å². The fourth-order valence-corrected chi connectivity index (χ4v) is 4.93. The molecule has 2 aromatic carbocycles. The first kappa shape index (κ1) is 22.7. The molecule has 1 amide bonds. The normalized spacial score (nSPS) is 19.7. The molecule has 2 unspecified atom stereocenters. The summed E-state index contributed by atoms with van der Waals surface area (Å²) in [6.07, 6.45) is 3.41. The number of aromatic nitrogens is 2. The number of nitrogens with one attached hydrogen (secondary N) is 1. The molecular weight excluding hydrogens is 478 g/mol. The Morgan fingerprint density at radius 2 is 1.97 bits per heavy atom. The third kappa shape index (κ3) is 4.26. The maximum atomic E-state index is 14.0. The van der Waals surface area contributed by atoms with Crippen LogP contribution in [0.4, 0.5) is 10.2 Å². The highest BCUT2D eigenvalue weighted by molar-refractivity contribution is 6.42. The Labute approximate surface area is 206 Å². The molecule has 5 rings (SSSR count). The van der Waals surface area contributed by atoms with E-state index in [0.29, 0.717) is 34.5 Å². The van der Waals surface area contributed by atoms with Crippen LogP contribution < -0.4 is 10.1 Å². The van der Waals surface area contributed by atoms with E-state index in [-0.39, 0.29) is 17.8 Å². The van der Waals surface area contributed by atoms with Crippen LogP contribution in [0.1, 0.15) is 31.4 Å². The van der Waals surface area contributed by atoms with Crippen molar-refractivity contribution in [1.82, 2.24) is 14.7 Å².